The predicted octanol–water partition coefficient (Wildman–Crippen LogP) is 3.38. The molecule has 140 valence electrons. The molecular formula is C18H15ClFN3O3S. The van der Waals surface area contributed by atoms with Crippen molar-refractivity contribution in [3.8, 4) is 0 Å². The summed E-state index contributed by atoms with van der Waals surface area (Å²) >= 11 is 6.11. The zero-order valence-corrected chi connectivity index (χ0v) is 15.8. The number of anilines is 1. The first-order valence-electron chi connectivity index (χ1n) is 7.81. The number of sulfone groups is 1. The number of benzene rings is 2. The standard InChI is InChI=1S/C18H15ClFN3O3S/c1-27(25,26)14-6-7-16(20)17(8-14)22-18(24)13-9-21-23(11-13)10-12-4-2-3-5-15(12)19/h2-9,11H,10H2,1H3,(H,22,24). The highest BCUT2D eigenvalue weighted by atomic mass is 35.5. The van der Waals surface area contributed by atoms with E-state index in [2.05, 4.69) is 10.4 Å². The lowest BCUT2D eigenvalue weighted by molar-refractivity contribution is 0.102. The largest absolute Gasteiger partial charge is 0.319 e. The monoisotopic (exact) mass is 407 g/mol. The Kier molecular flexibility index (Phi) is 5.29. The van der Waals surface area contributed by atoms with Crippen molar-refractivity contribution in [2.24, 2.45) is 0 Å². The molecule has 0 radical (unpaired) electrons. The van der Waals surface area contributed by atoms with Crippen LogP contribution >= 0.6 is 11.6 Å². The third-order valence-electron chi connectivity index (χ3n) is 3.80. The first kappa shape index (κ1) is 19.1. The van der Waals surface area contributed by atoms with Gasteiger partial charge in [-0.2, -0.15) is 5.10 Å². The van der Waals surface area contributed by atoms with Crippen molar-refractivity contribution < 1.29 is 17.6 Å². The molecule has 1 aromatic heterocycles. The van der Waals surface area contributed by atoms with Crippen molar-refractivity contribution in [1.82, 2.24) is 9.78 Å². The van der Waals surface area contributed by atoms with Crippen molar-refractivity contribution >= 4 is 33.0 Å². The van der Waals surface area contributed by atoms with Crippen LogP contribution in [-0.2, 0) is 16.4 Å². The summed E-state index contributed by atoms with van der Waals surface area (Å²) in [6, 6.07) is 10.5. The first-order valence-corrected chi connectivity index (χ1v) is 10.1. The zero-order chi connectivity index (χ0) is 19.6. The Hall–Kier alpha value is -2.71. The van der Waals surface area contributed by atoms with Crippen molar-refractivity contribution in [2.75, 3.05) is 11.6 Å². The van der Waals surface area contributed by atoms with E-state index in [9.17, 15) is 17.6 Å². The van der Waals surface area contributed by atoms with E-state index in [4.69, 9.17) is 11.6 Å². The molecule has 0 aliphatic rings. The van der Waals surface area contributed by atoms with E-state index >= 15 is 0 Å². The van der Waals surface area contributed by atoms with E-state index in [1.54, 1.807) is 6.07 Å². The Labute approximate surface area is 160 Å². The van der Waals surface area contributed by atoms with E-state index in [1.807, 2.05) is 18.2 Å². The van der Waals surface area contributed by atoms with Gasteiger partial charge in [0.25, 0.3) is 5.91 Å². The molecule has 0 fully saturated rings. The smallest absolute Gasteiger partial charge is 0.258 e. The van der Waals surface area contributed by atoms with Crippen LogP contribution in [0.2, 0.25) is 5.02 Å². The number of amides is 1. The second-order valence-corrected chi connectivity index (χ2v) is 8.31. The number of nitrogens with one attached hydrogen (secondary N) is 1. The molecule has 0 bridgehead atoms. The molecule has 2 aromatic carbocycles. The highest BCUT2D eigenvalue weighted by molar-refractivity contribution is 7.90. The minimum Gasteiger partial charge on any atom is -0.319 e. The van der Waals surface area contributed by atoms with Crippen molar-refractivity contribution in [1.29, 1.82) is 0 Å². The maximum atomic E-state index is 13.9. The van der Waals surface area contributed by atoms with Crippen LogP contribution in [-0.4, -0.2) is 30.4 Å². The van der Waals surface area contributed by atoms with E-state index in [-0.39, 0.29) is 16.1 Å². The molecule has 0 spiro atoms. The predicted molar refractivity (Wildman–Crippen MR) is 100 cm³/mol. The van der Waals surface area contributed by atoms with Crippen LogP contribution in [0.15, 0.2) is 59.8 Å². The third-order valence-corrected chi connectivity index (χ3v) is 5.28. The van der Waals surface area contributed by atoms with Gasteiger partial charge in [0.15, 0.2) is 9.84 Å². The third kappa shape index (κ3) is 4.53. The summed E-state index contributed by atoms with van der Waals surface area (Å²) in [4.78, 5) is 12.3. The molecule has 1 N–H and O–H groups in total. The van der Waals surface area contributed by atoms with Gasteiger partial charge in [-0.15, -0.1) is 0 Å². The van der Waals surface area contributed by atoms with Crippen LogP contribution in [0.5, 0.6) is 0 Å². The summed E-state index contributed by atoms with van der Waals surface area (Å²) < 4.78 is 38.6. The molecule has 0 aliphatic carbocycles. The maximum absolute atomic E-state index is 13.9. The quantitative estimate of drug-likeness (QED) is 0.657. The first-order chi connectivity index (χ1) is 12.7. The molecule has 3 rings (SSSR count). The highest BCUT2D eigenvalue weighted by Gasteiger charge is 2.15. The molecule has 9 heteroatoms. The summed E-state index contributed by atoms with van der Waals surface area (Å²) in [5, 5.41) is 7.05. The fourth-order valence-electron chi connectivity index (χ4n) is 2.39. The second kappa shape index (κ2) is 7.50. The Morgan fingerprint density at radius 2 is 2.00 bits per heavy atom. The molecule has 0 saturated carbocycles. The van der Waals surface area contributed by atoms with Crippen LogP contribution in [0, 0.1) is 5.82 Å². The average Bonchev–Trinajstić information content (AvgIpc) is 3.06. The SMILES string of the molecule is CS(=O)(=O)c1ccc(F)c(NC(=O)c2cnn(Cc3ccccc3Cl)c2)c1. The highest BCUT2D eigenvalue weighted by Crippen LogP contribution is 2.21. The molecule has 3 aromatic rings. The minimum absolute atomic E-state index is 0.0892. The normalized spacial score (nSPS) is 11.4. The maximum Gasteiger partial charge on any atom is 0.258 e. The molecular weight excluding hydrogens is 393 g/mol. The second-order valence-electron chi connectivity index (χ2n) is 5.89. The number of hydrogen-bond donors (Lipinski definition) is 1. The molecule has 0 saturated heterocycles. The zero-order valence-electron chi connectivity index (χ0n) is 14.2. The summed E-state index contributed by atoms with van der Waals surface area (Å²) in [5.74, 6) is -1.34. The van der Waals surface area contributed by atoms with Gasteiger partial charge >= 0.3 is 0 Å². The Morgan fingerprint density at radius 1 is 1.26 bits per heavy atom. The lowest BCUT2D eigenvalue weighted by atomic mass is 10.2. The van der Waals surface area contributed by atoms with Gasteiger partial charge in [-0.1, -0.05) is 29.8 Å². The van der Waals surface area contributed by atoms with E-state index in [0.29, 0.717) is 11.6 Å². The summed E-state index contributed by atoms with van der Waals surface area (Å²) in [7, 11) is -3.52. The molecule has 1 amide bonds. The fraction of sp³-hybridized carbons (Fsp3) is 0.111. The average molecular weight is 408 g/mol. The summed E-state index contributed by atoms with van der Waals surface area (Å²) in [6.45, 7) is 0.366. The molecule has 0 atom stereocenters. The van der Waals surface area contributed by atoms with Gasteiger partial charge in [-0.3, -0.25) is 9.48 Å². The number of hydrogen-bond acceptors (Lipinski definition) is 4. The number of halogens is 2. The number of rotatable bonds is 5. The lowest BCUT2D eigenvalue weighted by Gasteiger charge is -2.07. The number of carbonyl (C=O) groups is 1. The van der Waals surface area contributed by atoms with E-state index < -0.39 is 21.6 Å². The van der Waals surface area contributed by atoms with Gasteiger partial charge in [0.1, 0.15) is 5.82 Å². The lowest BCUT2D eigenvalue weighted by Crippen LogP contribution is -2.13. The summed E-state index contributed by atoms with van der Waals surface area (Å²) in [6.07, 6.45) is 3.84. The molecule has 0 unspecified atom stereocenters. The van der Waals surface area contributed by atoms with E-state index in [0.717, 1.165) is 30.0 Å². The van der Waals surface area contributed by atoms with Gasteiger partial charge in [-0.05, 0) is 29.8 Å². The van der Waals surface area contributed by atoms with Gasteiger partial charge in [0.05, 0.1) is 28.9 Å². The summed E-state index contributed by atoms with van der Waals surface area (Å²) in [5.41, 5.74) is 0.814. The minimum atomic E-state index is -3.52. The van der Waals surface area contributed by atoms with Crippen LogP contribution in [0.3, 0.4) is 0 Å². The Bertz CT molecular complexity index is 1110. The Balaban J connectivity index is 1.78. The van der Waals surface area contributed by atoms with E-state index in [1.165, 1.54) is 17.1 Å². The molecule has 1 heterocycles. The number of aromatic nitrogens is 2. The van der Waals surface area contributed by atoms with Gasteiger partial charge in [-0.25, -0.2) is 12.8 Å². The van der Waals surface area contributed by atoms with Crippen LogP contribution in [0.25, 0.3) is 0 Å². The fourth-order valence-corrected chi connectivity index (χ4v) is 3.24. The molecule has 27 heavy (non-hydrogen) atoms. The van der Waals surface area contributed by atoms with Crippen molar-refractivity contribution in [3.63, 3.8) is 0 Å². The molecule has 0 aliphatic heterocycles. The van der Waals surface area contributed by atoms with Crippen LogP contribution in [0.4, 0.5) is 10.1 Å². The Morgan fingerprint density at radius 3 is 2.70 bits per heavy atom. The van der Waals surface area contributed by atoms with Crippen LogP contribution < -0.4 is 5.32 Å². The number of carbonyl (C=O) groups excluding carboxylic acids is 1. The van der Waals surface area contributed by atoms with Crippen LogP contribution in [0.1, 0.15) is 15.9 Å². The van der Waals surface area contributed by atoms with Gasteiger partial charge in [0.2, 0.25) is 0 Å². The molecule has 6 nitrogen and oxygen atoms in total. The number of nitrogens with zero attached hydrogens (tertiary/aromatic N) is 2. The van der Waals surface area contributed by atoms with Gasteiger partial charge < -0.3 is 5.32 Å². The van der Waals surface area contributed by atoms with Crippen molar-refractivity contribution in [2.45, 2.75) is 11.4 Å². The topological polar surface area (TPSA) is 81.1 Å². The van der Waals surface area contributed by atoms with Gasteiger partial charge in [0, 0.05) is 17.5 Å². The van der Waals surface area contributed by atoms with Crippen molar-refractivity contribution in [3.05, 3.63) is 76.8 Å².